The summed E-state index contributed by atoms with van der Waals surface area (Å²) in [7, 11) is 0. The van der Waals surface area contributed by atoms with Gasteiger partial charge >= 0.3 is 12.5 Å². The normalized spacial score (nSPS) is 12.7. The molecule has 1 heterocycles. The van der Waals surface area contributed by atoms with E-state index in [1.54, 1.807) is 0 Å². The molecule has 10 heteroatoms. The Bertz CT molecular complexity index is 442. The summed E-state index contributed by atoms with van der Waals surface area (Å²) in [5.41, 5.74) is -2.66. The number of halogens is 8. The molecule has 0 bridgehead atoms. The van der Waals surface area contributed by atoms with Gasteiger partial charge in [-0.1, -0.05) is 15.9 Å². The van der Waals surface area contributed by atoms with E-state index in [0.29, 0.717) is 6.07 Å². The fourth-order valence-electron chi connectivity index (χ4n) is 1.05. The van der Waals surface area contributed by atoms with Gasteiger partial charge in [0.2, 0.25) is 5.88 Å². The van der Waals surface area contributed by atoms with Crippen LogP contribution in [-0.2, 0) is 12.9 Å². The molecular weight excluding hydrogens is 339 g/mol. The van der Waals surface area contributed by atoms with Crippen LogP contribution < -0.4 is 4.74 Å². The summed E-state index contributed by atoms with van der Waals surface area (Å²) in [6, 6.07) is 0.512. The number of hydrogen-bond donors (Lipinski definition) is 0. The summed E-state index contributed by atoms with van der Waals surface area (Å²) in [6.07, 6.45) is -10.3. The molecule has 0 atom stereocenters. The molecule has 0 radical (unpaired) electrons. The van der Waals surface area contributed by atoms with E-state index >= 15 is 0 Å². The van der Waals surface area contributed by atoms with E-state index in [1.165, 1.54) is 0 Å². The summed E-state index contributed by atoms with van der Waals surface area (Å²) in [5.74, 6) is -1.32. The topological polar surface area (TPSA) is 22.1 Å². The number of hydrogen-bond acceptors (Lipinski definition) is 2. The minimum Gasteiger partial charge on any atom is -0.388 e. The average molecular weight is 342 g/mol. The van der Waals surface area contributed by atoms with Gasteiger partial charge in [0.15, 0.2) is 5.69 Å². The highest BCUT2D eigenvalue weighted by Crippen LogP contribution is 2.37. The van der Waals surface area contributed by atoms with E-state index in [9.17, 15) is 30.7 Å². The van der Waals surface area contributed by atoms with Gasteiger partial charge in [-0.25, -0.2) is 9.37 Å². The first kappa shape index (κ1) is 15.0. The van der Waals surface area contributed by atoms with Crippen molar-refractivity contribution in [2.24, 2.45) is 0 Å². The third-order valence-electron chi connectivity index (χ3n) is 1.67. The van der Waals surface area contributed by atoms with Gasteiger partial charge in [0.1, 0.15) is 6.67 Å². The number of alkyl halides is 7. The van der Waals surface area contributed by atoms with Crippen LogP contribution in [0.25, 0.3) is 0 Å². The zero-order valence-corrected chi connectivity index (χ0v) is 9.75. The molecule has 0 fully saturated rings. The Morgan fingerprint density at radius 3 is 2.11 bits per heavy atom. The SMILES string of the molecule is FCc1c(Br)cc(OC(F)(F)F)nc1C(F)(F)F. The lowest BCUT2D eigenvalue weighted by atomic mass is 10.2. The second-order valence-electron chi connectivity index (χ2n) is 2.95. The number of nitrogens with zero attached hydrogens (tertiary/aromatic N) is 1. The molecule has 0 aliphatic rings. The molecule has 2 nitrogen and oxygen atoms in total. The number of ether oxygens (including phenoxy) is 1. The molecular formula is C8H3BrF7NO. The molecule has 102 valence electrons. The largest absolute Gasteiger partial charge is 0.574 e. The van der Waals surface area contributed by atoms with Gasteiger partial charge < -0.3 is 4.74 Å². The summed E-state index contributed by atoms with van der Waals surface area (Å²) < 4.78 is 88.0. The van der Waals surface area contributed by atoms with Crippen molar-refractivity contribution in [2.45, 2.75) is 19.2 Å². The van der Waals surface area contributed by atoms with Crippen LogP contribution in [0, 0.1) is 0 Å². The Kier molecular flexibility index (Phi) is 4.08. The number of rotatable bonds is 2. The van der Waals surface area contributed by atoms with E-state index < -0.39 is 40.8 Å². The standard InChI is InChI=1S/C8H3BrF7NO/c9-4-1-5(18-8(14,15)16)17-6(3(4)2-10)7(11,12)13/h1H,2H2. The predicted molar refractivity (Wildman–Crippen MR) is 48.4 cm³/mol. The van der Waals surface area contributed by atoms with Crippen molar-refractivity contribution >= 4 is 15.9 Å². The van der Waals surface area contributed by atoms with Crippen molar-refractivity contribution in [2.75, 3.05) is 0 Å². The first-order chi connectivity index (χ1) is 8.04. The Hall–Kier alpha value is -1.06. The van der Waals surface area contributed by atoms with Crippen LogP contribution in [0.1, 0.15) is 11.3 Å². The molecule has 0 N–H and O–H groups in total. The lowest BCUT2D eigenvalue weighted by Crippen LogP contribution is -2.20. The van der Waals surface area contributed by atoms with Crippen molar-refractivity contribution in [3.63, 3.8) is 0 Å². The Balaban J connectivity index is 3.31. The highest BCUT2D eigenvalue weighted by molar-refractivity contribution is 9.10. The third-order valence-corrected chi connectivity index (χ3v) is 2.38. The maximum atomic E-state index is 12.4. The smallest absolute Gasteiger partial charge is 0.388 e. The molecule has 0 aliphatic heterocycles. The fraction of sp³-hybridized carbons (Fsp3) is 0.375. The highest BCUT2D eigenvalue weighted by Gasteiger charge is 2.39. The monoisotopic (exact) mass is 341 g/mol. The first-order valence-electron chi connectivity index (χ1n) is 4.13. The van der Waals surface area contributed by atoms with Gasteiger partial charge in [-0.05, 0) is 0 Å². The van der Waals surface area contributed by atoms with Gasteiger partial charge in [0.25, 0.3) is 0 Å². The summed E-state index contributed by atoms with van der Waals surface area (Å²) in [6.45, 7) is -1.53. The third kappa shape index (κ3) is 3.72. The molecule has 0 spiro atoms. The molecule has 1 rings (SSSR count). The van der Waals surface area contributed by atoms with Crippen molar-refractivity contribution < 1.29 is 35.5 Å². The summed E-state index contributed by atoms with van der Waals surface area (Å²) in [4.78, 5) is 2.62. The van der Waals surface area contributed by atoms with Crippen LogP contribution >= 0.6 is 15.9 Å². The second-order valence-corrected chi connectivity index (χ2v) is 3.80. The molecule has 18 heavy (non-hydrogen) atoms. The molecule has 0 saturated carbocycles. The summed E-state index contributed by atoms with van der Waals surface area (Å²) in [5, 5.41) is 0. The van der Waals surface area contributed by atoms with E-state index in [0.717, 1.165) is 0 Å². The Morgan fingerprint density at radius 2 is 1.72 bits per heavy atom. The van der Waals surface area contributed by atoms with Crippen molar-refractivity contribution in [3.8, 4) is 5.88 Å². The highest BCUT2D eigenvalue weighted by atomic mass is 79.9. The van der Waals surface area contributed by atoms with Crippen LogP contribution in [0.15, 0.2) is 10.5 Å². The van der Waals surface area contributed by atoms with E-state index in [4.69, 9.17) is 0 Å². The van der Waals surface area contributed by atoms with Gasteiger partial charge in [-0.3, -0.25) is 0 Å². The van der Waals surface area contributed by atoms with Crippen molar-refractivity contribution in [3.05, 3.63) is 21.8 Å². The maximum Gasteiger partial charge on any atom is 0.574 e. The lowest BCUT2D eigenvalue weighted by molar-refractivity contribution is -0.276. The molecule has 0 unspecified atom stereocenters. The summed E-state index contributed by atoms with van der Waals surface area (Å²) >= 11 is 2.53. The van der Waals surface area contributed by atoms with Crippen LogP contribution in [0.3, 0.4) is 0 Å². The van der Waals surface area contributed by atoms with Crippen LogP contribution in [0.5, 0.6) is 5.88 Å². The zero-order valence-electron chi connectivity index (χ0n) is 8.16. The predicted octanol–water partition coefficient (Wildman–Crippen LogP) is 4.23. The average Bonchev–Trinajstić information content (AvgIpc) is 2.12. The molecule has 0 saturated heterocycles. The first-order valence-corrected chi connectivity index (χ1v) is 4.92. The van der Waals surface area contributed by atoms with Gasteiger partial charge in [0, 0.05) is 16.1 Å². The minimum absolute atomic E-state index is 0.508. The minimum atomic E-state index is -5.19. The Labute approximate surface area is 104 Å². The van der Waals surface area contributed by atoms with Gasteiger partial charge in [-0.2, -0.15) is 13.2 Å². The lowest BCUT2D eigenvalue weighted by Gasteiger charge is -2.14. The zero-order chi connectivity index (χ0) is 14.1. The second kappa shape index (κ2) is 4.90. The quantitative estimate of drug-likeness (QED) is 0.751. The van der Waals surface area contributed by atoms with Crippen LogP contribution in [0.4, 0.5) is 30.7 Å². The number of aromatic nitrogens is 1. The molecule has 1 aromatic rings. The van der Waals surface area contributed by atoms with Crippen molar-refractivity contribution in [1.82, 2.24) is 4.98 Å². The van der Waals surface area contributed by atoms with Gasteiger partial charge in [0.05, 0.1) is 0 Å². The van der Waals surface area contributed by atoms with Gasteiger partial charge in [-0.15, -0.1) is 13.2 Å². The van der Waals surface area contributed by atoms with Crippen LogP contribution in [-0.4, -0.2) is 11.3 Å². The Morgan fingerprint density at radius 1 is 1.17 bits per heavy atom. The molecule has 1 aromatic heterocycles. The maximum absolute atomic E-state index is 12.4. The van der Waals surface area contributed by atoms with E-state index in [-0.39, 0.29) is 0 Å². The van der Waals surface area contributed by atoms with Crippen molar-refractivity contribution in [1.29, 1.82) is 0 Å². The number of pyridine rings is 1. The molecule has 0 amide bonds. The molecule has 0 aromatic carbocycles. The van der Waals surface area contributed by atoms with Crippen LogP contribution in [0.2, 0.25) is 0 Å². The molecule has 0 aliphatic carbocycles. The van der Waals surface area contributed by atoms with E-state index in [1.807, 2.05) is 0 Å². The fourth-order valence-corrected chi connectivity index (χ4v) is 1.54. The van der Waals surface area contributed by atoms with E-state index in [2.05, 4.69) is 25.7 Å².